The summed E-state index contributed by atoms with van der Waals surface area (Å²) in [7, 11) is 0. The zero-order chi connectivity index (χ0) is 21.6. The molecule has 7 nitrogen and oxygen atoms in total. The summed E-state index contributed by atoms with van der Waals surface area (Å²) in [6.45, 7) is -0.373. The maximum Gasteiger partial charge on any atom is 0.325 e. The first kappa shape index (κ1) is 19.8. The molecule has 2 heterocycles. The highest BCUT2D eigenvalue weighted by atomic mass is 32.1. The molecular formula is C23H22N4O3S. The van der Waals surface area contributed by atoms with E-state index in [1.807, 2.05) is 24.3 Å². The lowest BCUT2D eigenvalue weighted by atomic mass is 9.92. The molecule has 1 spiro atoms. The standard InChI is InChI=1S/C23H22N4O3S/c24-12-16-15-7-2-1-3-9-18(15)31-20(16)25-19(28)13-27-21(29)23(26-22(27)30)11-10-14-6-4-5-8-17(14)23/h4-6,8H,1-3,7,9-11,13H2,(H,25,28)(H,26,30). The van der Waals surface area contributed by atoms with E-state index in [2.05, 4.69) is 16.7 Å². The number of carbonyl (C=O) groups is 3. The summed E-state index contributed by atoms with van der Waals surface area (Å²) in [5.74, 6) is -0.861. The minimum Gasteiger partial charge on any atom is -0.319 e. The van der Waals surface area contributed by atoms with Gasteiger partial charge in [-0.1, -0.05) is 30.7 Å². The number of nitriles is 1. The van der Waals surface area contributed by atoms with Crippen LogP contribution in [-0.4, -0.2) is 29.3 Å². The van der Waals surface area contributed by atoms with Crippen molar-refractivity contribution in [1.29, 1.82) is 5.26 Å². The van der Waals surface area contributed by atoms with Crippen LogP contribution in [0.25, 0.3) is 0 Å². The Morgan fingerprint density at radius 2 is 2.00 bits per heavy atom. The predicted molar refractivity (Wildman–Crippen MR) is 116 cm³/mol. The highest BCUT2D eigenvalue weighted by Crippen LogP contribution is 2.41. The maximum absolute atomic E-state index is 13.2. The van der Waals surface area contributed by atoms with Crippen LogP contribution >= 0.6 is 11.3 Å². The van der Waals surface area contributed by atoms with E-state index in [0.29, 0.717) is 23.4 Å². The fourth-order valence-corrected chi connectivity index (χ4v) is 6.25. The largest absolute Gasteiger partial charge is 0.325 e. The van der Waals surface area contributed by atoms with E-state index in [0.717, 1.165) is 58.6 Å². The molecule has 2 N–H and O–H groups in total. The van der Waals surface area contributed by atoms with Crippen molar-refractivity contribution in [3.05, 3.63) is 51.4 Å². The Morgan fingerprint density at radius 3 is 2.84 bits per heavy atom. The summed E-state index contributed by atoms with van der Waals surface area (Å²) in [5, 5.41) is 15.8. The summed E-state index contributed by atoms with van der Waals surface area (Å²) < 4.78 is 0. The van der Waals surface area contributed by atoms with Crippen LogP contribution in [0.15, 0.2) is 24.3 Å². The van der Waals surface area contributed by atoms with Gasteiger partial charge in [0.1, 0.15) is 23.2 Å². The minimum absolute atomic E-state index is 0.373. The quantitative estimate of drug-likeness (QED) is 0.572. The number of imide groups is 1. The van der Waals surface area contributed by atoms with Gasteiger partial charge < -0.3 is 10.6 Å². The first-order valence-corrected chi connectivity index (χ1v) is 11.4. The van der Waals surface area contributed by atoms with Crippen LogP contribution in [0.4, 0.5) is 9.80 Å². The van der Waals surface area contributed by atoms with Crippen LogP contribution in [-0.2, 0) is 34.4 Å². The number of thiophene rings is 1. The predicted octanol–water partition coefficient (Wildman–Crippen LogP) is 3.22. The minimum atomic E-state index is -1.08. The second kappa shape index (κ2) is 7.50. The molecule has 8 heteroatoms. The van der Waals surface area contributed by atoms with Crippen molar-refractivity contribution >= 4 is 34.2 Å². The third kappa shape index (κ3) is 3.12. The van der Waals surface area contributed by atoms with E-state index in [-0.39, 0.29) is 12.5 Å². The molecule has 31 heavy (non-hydrogen) atoms. The van der Waals surface area contributed by atoms with Gasteiger partial charge in [-0.2, -0.15) is 5.26 Å². The van der Waals surface area contributed by atoms with Gasteiger partial charge in [-0.15, -0.1) is 11.3 Å². The second-order valence-electron chi connectivity index (χ2n) is 8.31. The van der Waals surface area contributed by atoms with E-state index in [1.54, 1.807) is 0 Å². The Kier molecular flexibility index (Phi) is 4.78. The Balaban J connectivity index is 1.35. The molecule has 4 amide bonds. The van der Waals surface area contributed by atoms with Gasteiger partial charge in [0.2, 0.25) is 5.91 Å². The van der Waals surface area contributed by atoms with E-state index in [4.69, 9.17) is 0 Å². The van der Waals surface area contributed by atoms with Crippen LogP contribution in [0, 0.1) is 11.3 Å². The molecule has 0 saturated carbocycles. The van der Waals surface area contributed by atoms with Crippen LogP contribution < -0.4 is 10.6 Å². The van der Waals surface area contributed by atoms with Gasteiger partial charge >= 0.3 is 6.03 Å². The topological polar surface area (TPSA) is 102 Å². The van der Waals surface area contributed by atoms with Gasteiger partial charge in [-0.3, -0.25) is 14.5 Å². The first-order valence-electron chi connectivity index (χ1n) is 10.6. The summed E-state index contributed by atoms with van der Waals surface area (Å²) >= 11 is 1.44. The van der Waals surface area contributed by atoms with Gasteiger partial charge in [-0.05, 0) is 55.2 Å². The molecule has 0 bridgehead atoms. The summed E-state index contributed by atoms with van der Waals surface area (Å²) in [6.07, 6.45) is 6.22. The number of nitrogens with zero attached hydrogens (tertiary/aromatic N) is 2. The number of fused-ring (bicyclic) bond motifs is 3. The fourth-order valence-electron chi connectivity index (χ4n) is 4.99. The Hall–Kier alpha value is -3.18. The monoisotopic (exact) mass is 434 g/mol. The van der Waals surface area contributed by atoms with Crippen molar-refractivity contribution in [2.45, 2.75) is 50.5 Å². The zero-order valence-electron chi connectivity index (χ0n) is 17.0. The summed E-state index contributed by atoms with van der Waals surface area (Å²) in [5.41, 5.74) is 2.34. The van der Waals surface area contributed by atoms with Crippen LogP contribution in [0.2, 0.25) is 0 Å². The number of hydrogen-bond donors (Lipinski definition) is 2. The average molecular weight is 435 g/mol. The van der Waals surface area contributed by atoms with Crippen LogP contribution in [0.5, 0.6) is 0 Å². The molecule has 1 unspecified atom stereocenters. The fraction of sp³-hybridized carbons (Fsp3) is 0.391. The lowest BCUT2D eigenvalue weighted by Crippen LogP contribution is -2.42. The van der Waals surface area contributed by atoms with Crippen LogP contribution in [0.3, 0.4) is 0 Å². The third-order valence-electron chi connectivity index (χ3n) is 6.51. The van der Waals surface area contributed by atoms with Crippen molar-refractivity contribution in [1.82, 2.24) is 10.2 Å². The van der Waals surface area contributed by atoms with E-state index >= 15 is 0 Å². The number of amides is 4. The van der Waals surface area contributed by atoms with Gasteiger partial charge in [-0.25, -0.2) is 4.79 Å². The smallest absolute Gasteiger partial charge is 0.319 e. The van der Waals surface area contributed by atoms with Gasteiger partial charge in [0.15, 0.2) is 0 Å². The Bertz CT molecular complexity index is 1150. The van der Waals surface area contributed by atoms with Crippen molar-refractivity contribution < 1.29 is 14.4 Å². The van der Waals surface area contributed by atoms with Gasteiger partial charge in [0.05, 0.1) is 5.56 Å². The number of anilines is 1. The molecule has 158 valence electrons. The maximum atomic E-state index is 13.2. The van der Waals surface area contributed by atoms with Crippen molar-refractivity contribution in [3.63, 3.8) is 0 Å². The van der Waals surface area contributed by atoms with E-state index < -0.39 is 17.5 Å². The van der Waals surface area contributed by atoms with Crippen LogP contribution in [0.1, 0.15) is 52.8 Å². The molecule has 1 aromatic carbocycles. The Morgan fingerprint density at radius 1 is 1.19 bits per heavy atom. The normalized spacial score (nSPS) is 22.0. The van der Waals surface area contributed by atoms with E-state index in [9.17, 15) is 19.6 Å². The SMILES string of the molecule is N#Cc1c(NC(=O)CN2C(=O)NC3(CCc4ccccc43)C2=O)sc2c1CCCCC2. The third-order valence-corrected chi connectivity index (χ3v) is 7.72. The molecule has 2 aliphatic carbocycles. The second-order valence-corrected chi connectivity index (χ2v) is 9.42. The molecule has 1 atom stereocenters. The number of hydrogen-bond acceptors (Lipinski definition) is 5. The number of urea groups is 1. The molecule has 1 aromatic heterocycles. The molecule has 3 aliphatic rings. The first-order chi connectivity index (χ1) is 15.0. The average Bonchev–Trinajstić information content (AvgIpc) is 3.29. The van der Waals surface area contributed by atoms with Crippen molar-refractivity contribution in [3.8, 4) is 6.07 Å². The van der Waals surface area contributed by atoms with Gasteiger partial charge in [0, 0.05) is 4.88 Å². The van der Waals surface area contributed by atoms with Crippen molar-refractivity contribution in [2.24, 2.45) is 0 Å². The van der Waals surface area contributed by atoms with Gasteiger partial charge in [0.25, 0.3) is 5.91 Å². The number of nitrogens with one attached hydrogen (secondary N) is 2. The summed E-state index contributed by atoms with van der Waals surface area (Å²) in [4.78, 5) is 40.8. The molecule has 0 radical (unpaired) electrons. The molecule has 1 saturated heterocycles. The molecule has 5 rings (SSSR count). The van der Waals surface area contributed by atoms with E-state index in [1.165, 1.54) is 11.3 Å². The highest BCUT2D eigenvalue weighted by molar-refractivity contribution is 7.16. The number of aryl methyl sites for hydroxylation is 2. The molecule has 1 fully saturated rings. The molecule has 2 aromatic rings. The summed E-state index contributed by atoms with van der Waals surface area (Å²) in [6, 6.07) is 9.27. The number of rotatable bonds is 3. The Labute approximate surface area is 184 Å². The van der Waals surface area contributed by atoms with Crippen molar-refractivity contribution in [2.75, 3.05) is 11.9 Å². The lowest BCUT2D eigenvalue weighted by Gasteiger charge is -2.22. The number of benzene rings is 1. The number of carbonyl (C=O) groups excluding carboxylic acids is 3. The molecule has 1 aliphatic heterocycles. The lowest BCUT2D eigenvalue weighted by molar-refractivity contribution is -0.134. The zero-order valence-corrected chi connectivity index (χ0v) is 17.8. The highest BCUT2D eigenvalue weighted by Gasteiger charge is 2.55. The molecular weight excluding hydrogens is 412 g/mol.